The standard InChI is InChI=1S/C18H24N4O2/c1-21(11-15-3-2-6-19-9-15)12-17-4-7-22(13-17)18(23)20-10-16-5-8-24-14-16/h2-3,5-6,8-9,14,17H,4,7,10-13H2,1H3,(H,20,23)/t17-/m1/s1. The van der Waals surface area contributed by atoms with Crippen LogP contribution in [0.25, 0.3) is 0 Å². The number of rotatable bonds is 6. The van der Waals surface area contributed by atoms with Gasteiger partial charge in [-0.15, -0.1) is 0 Å². The van der Waals surface area contributed by atoms with Gasteiger partial charge >= 0.3 is 6.03 Å². The molecule has 6 heteroatoms. The first-order valence-electron chi connectivity index (χ1n) is 8.32. The van der Waals surface area contributed by atoms with Gasteiger partial charge in [0.1, 0.15) is 0 Å². The second-order valence-electron chi connectivity index (χ2n) is 6.45. The lowest BCUT2D eigenvalue weighted by Crippen LogP contribution is -2.38. The van der Waals surface area contributed by atoms with Gasteiger partial charge in [-0.25, -0.2) is 4.79 Å². The number of nitrogens with one attached hydrogen (secondary N) is 1. The van der Waals surface area contributed by atoms with Crippen LogP contribution in [0.4, 0.5) is 4.79 Å². The highest BCUT2D eigenvalue weighted by molar-refractivity contribution is 5.74. The minimum Gasteiger partial charge on any atom is -0.472 e. The van der Waals surface area contributed by atoms with Crippen molar-refractivity contribution in [3.8, 4) is 0 Å². The molecule has 1 saturated heterocycles. The lowest BCUT2D eigenvalue weighted by molar-refractivity contribution is 0.203. The summed E-state index contributed by atoms with van der Waals surface area (Å²) in [6.07, 6.45) is 8.02. The number of nitrogens with zero attached hydrogens (tertiary/aromatic N) is 3. The molecule has 24 heavy (non-hydrogen) atoms. The second kappa shape index (κ2) is 7.97. The zero-order valence-corrected chi connectivity index (χ0v) is 14.0. The first-order chi connectivity index (χ1) is 11.7. The summed E-state index contributed by atoms with van der Waals surface area (Å²) in [4.78, 5) is 20.6. The number of pyridine rings is 1. The van der Waals surface area contributed by atoms with E-state index in [9.17, 15) is 4.79 Å². The minimum atomic E-state index is 0.00797. The SMILES string of the molecule is CN(Cc1cccnc1)C[C@H]1CCN(C(=O)NCc2ccoc2)C1. The average molecular weight is 328 g/mol. The number of hydrogen-bond donors (Lipinski definition) is 1. The molecule has 2 amide bonds. The highest BCUT2D eigenvalue weighted by atomic mass is 16.3. The molecule has 3 heterocycles. The van der Waals surface area contributed by atoms with E-state index < -0.39 is 0 Å². The van der Waals surface area contributed by atoms with Crippen LogP contribution in [-0.2, 0) is 13.1 Å². The largest absolute Gasteiger partial charge is 0.472 e. The Morgan fingerprint density at radius 1 is 1.46 bits per heavy atom. The Kier molecular flexibility index (Phi) is 5.48. The maximum atomic E-state index is 12.2. The van der Waals surface area contributed by atoms with Crippen LogP contribution >= 0.6 is 0 Å². The van der Waals surface area contributed by atoms with E-state index in [4.69, 9.17) is 4.42 Å². The summed E-state index contributed by atoms with van der Waals surface area (Å²) in [6, 6.07) is 5.92. The van der Waals surface area contributed by atoms with Crippen LogP contribution in [0.2, 0.25) is 0 Å². The molecule has 0 bridgehead atoms. The van der Waals surface area contributed by atoms with Crippen molar-refractivity contribution in [2.24, 2.45) is 5.92 Å². The molecule has 6 nitrogen and oxygen atoms in total. The molecule has 0 radical (unpaired) electrons. The van der Waals surface area contributed by atoms with Crippen molar-refractivity contribution >= 4 is 6.03 Å². The second-order valence-corrected chi connectivity index (χ2v) is 6.45. The fourth-order valence-corrected chi connectivity index (χ4v) is 3.16. The molecule has 1 N–H and O–H groups in total. The van der Waals surface area contributed by atoms with Crippen LogP contribution in [-0.4, -0.2) is 47.5 Å². The third-order valence-corrected chi connectivity index (χ3v) is 4.34. The van der Waals surface area contributed by atoms with Crippen LogP contribution in [0, 0.1) is 5.92 Å². The molecular formula is C18H24N4O2. The van der Waals surface area contributed by atoms with Gasteiger partial charge in [0.2, 0.25) is 0 Å². The summed E-state index contributed by atoms with van der Waals surface area (Å²) in [5.74, 6) is 0.520. The third-order valence-electron chi connectivity index (χ3n) is 4.34. The van der Waals surface area contributed by atoms with E-state index in [1.807, 2.05) is 23.2 Å². The molecule has 1 fully saturated rings. The predicted octanol–water partition coefficient (Wildman–Crippen LogP) is 2.34. The van der Waals surface area contributed by atoms with E-state index in [-0.39, 0.29) is 6.03 Å². The smallest absolute Gasteiger partial charge is 0.317 e. The molecule has 3 rings (SSSR count). The molecule has 0 unspecified atom stereocenters. The molecule has 1 atom stereocenters. The van der Waals surface area contributed by atoms with Gasteiger partial charge in [-0.05, 0) is 37.1 Å². The number of urea groups is 1. The molecule has 2 aromatic heterocycles. The number of furan rings is 1. The Balaban J connectivity index is 1.40. The van der Waals surface area contributed by atoms with E-state index in [0.29, 0.717) is 12.5 Å². The van der Waals surface area contributed by atoms with Crippen molar-refractivity contribution in [1.29, 1.82) is 0 Å². The van der Waals surface area contributed by atoms with Crippen LogP contribution in [0.5, 0.6) is 0 Å². The van der Waals surface area contributed by atoms with Gasteiger partial charge in [0.15, 0.2) is 0 Å². The van der Waals surface area contributed by atoms with Crippen molar-refractivity contribution in [1.82, 2.24) is 20.1 Å². The maximum Gasteiger partial charge on any atom is 0.317 e. The van der Waals surface area contributed by atoms with Crippen LogP contribution in [0.1, 0.15) is 17.5 Å². The van der Waals surface area contributed by atoms with Gasteiger partial charge in [-0.2, -0.15) is 0 Å². The van der Waals surface area contributed by atoms with Gasteiger partial charge in [-0.1, -0.05) is 6.07 Å². The number of carbonyl (C=O) groups excluding carboxylic acids is 1. The summed E-state index contributed by atoms with van der Waals surface area (Å²) in [5, 5.41) is 2.95. The van der Waals surface area contributed by atoms with Gasteiger partial charge in [-0.3, -0.25) is 4.98 Å². The maximum absolute atomic E-state index is 12.2. The summed E-state index contributed by atoms with van der Waals surface area (Å²) >= 11 is 0. The Bertz CT molecular complexity index is 630. The van der Waals surface area contributed by atoms with Gasteiger partial charge in [0.05, 0.1) is 12.5 Å². The molecule has 1 aliphatic heterocycles. The van der Waals surface area contributed by atoms with Crippen molar-refractivity contribution in [3.63, 3.8) is 0 Å². The Labute approximate surface area is 142 Å². The first-order valence-corrected chi connectivity index (χ1v) is 8.32. The average Bonchev–Trinajstić information content (AvgIpc) is 3.25. The lowest BCUT2D eigenvalue weighted by Gasteiger charge is -2.21. The monoisotopic (exact) mass is 328 g/mol. The molecule has 128 valence electrons. The zero-order valence-electron chi connectivity index (χ0n) is 14.0. The number of amides is 2. The summed E-state index contributed by atoms with van der Waals surface area (Å²) < 4.78 is 5.01. The molecule has 0 aliphatic carbocycles. The van der Waals surface area contributed by atoms with Crippen LogP contribution in [0.15, 0.2) is 47.5 Å². The van der Waals surface area contributed by atoms with E-state index in [2.05, 4.69) is 28.3 Å². The summed E-state index contributed by atoms with van der Waals surface area (Å²) in [5.41, 5.74) is 2.20. The lowest BCUT2D eigenvalue weighted by atomic mass is 10.1. The molecule has 0 saturated carbocycles. The normalized spacial score (nSPS) is 17.4. The molecule has 0 spiro atoms. The molecule has 1 aliphatic rings. The quantitative estimate of drug-likeness (QED) is 0.884. The number of hydrogen-bond acceptors (Lipinski definition) is 4. The predicted molar refractivity (Wildman–Crippen MR) is 91.2 cm³/mol. The molecule has 2 aromatic rings. The van der Waals surface area contributed by atoms with Gasteiger partial charge < -0.3 is 19.5 Å². The number of carbonyl (C=O) groups is 1. The van der Waals surface area contributed by atoms with Crippen molar-refractivity contribution in [2.75, 3.05) is 26.7 Å². The highest BCUT2D eigenvalue weighted by Gasteiger charge is 2.26. The van der Waals surface area contributed by atoms with E-state index in [1.54, 1.807) is 18.7 Å². The minimum absolute atomic E-state index is 0.00797. The van der Waals surface area contributed by atoms with E-state index in [0.717, 1.165) is 38.2 Å². The van der Waals surface area contributed by atoms with Gasteiger partial charge in [0, 0.05) is 50.7 Å². The topological polar surface area (TPSA) is 61.6 Å². The van der Waals surface area contributed by atoms with Crippen molar-refractivity contribution in [2.45, 2.75) is 19.5 Å². The summed E-state index contributed by atoms with van der Waals surface area (Å²) in [6.45, 7) is 4.02. The first kappa shape index (κ1) is 16.5. The van der Waals surface area contributed by atoms with Crippen LogP contribution < -0.4 is 5.32 Å². The molecule has 0 aromatic carbocycles. The Morgan fingerprint density at radius 2 is 2.38 bits per heavy atom. The van der Waals surface area contributed by atoms with Gasteiger partial charge in [0.25, 0.3) is 0 Å². The van der Waals surface area contributed by atoms with E-state index >= 15 is 0 Å². The number of aromatic nitrogens is 1. The third kappa shape index (κ3) is 4.58. The van der Waals surface area contributed by atoms with Crippen molar-refractivity contribution < 1.29 is 9.21 Å². The fourth-order valence-electron chi connectivity index (χ4n) is 3.16. The highest BCUT2D eigenvalue weighted by Crippen LogP contribution is 2.18. The fraction of sp³-hybridized carbons (Fsp3) is 0.444. The number of likely N-dealkylation sites (tertiary alicyclic amines) is 1. The van der Waals surface area contributed by atoms with Crippen molar-refractivity contribution in [3.05, 3.63) is 54.2 Å². The zero-order chi connectivity index (χ0) is 16.8. The van der Waals surface area contributed by atoms with E-state index in [1.165, 1.54) is 5.56 Å². The van der Waals surface area contributed by atoms with Crippen LogP contribution in [0.3, 0.4) is 0 Å². The Morgan fingerprint density at radius 3 is 3.12 bits per heavy atom. The molecular weight excluding hydrogens is 304 g/mol. The summed E-state index contributed by atoms with van der Waals surface area (Å²) in [7, 11) is 2.12. The Hall–Kier alpha value is -2.34.